The van der Waals surface area contributed by atoms with Gasteiger partial charge in [0.25, 0.3) is 0 Å². The molecule has 1 aliphatic heterocycles. The van der Waals surface area contributed by atoms with E-state index in [1.54, 1.807) is 0 Å². The molecule has 2 rings (SSSR count). The average molecular weight is 398 g/mol. The second-order valence-electron chi connectivity index (χ2n) is 6.74. The van der Waals surface area contributed by atoms with E-state index in [2.05, 4.69) is 11.6 Å². The van der Waals surface area contributed by atoms with E-state index < -0.39 is 8.96 Å². The molecule has 26 heavy (non-hydrogen) atoms. The zero-order valence-corrected chi connectivity index (χ0v) is 17.6. The maximum atomic E-state index is 11.9. The highest BCUT2D eigenvalue weighted by molar-refractivity contribution is 8.13. The molecule has 1 aromatic carbocycles. The number of para-hydroxylation sites is 1. The highest BCUT2D eigenvalue weighted by Gasteiger charge is 2.22. The second-order valence-corrected chi connectivity index (χ2v) is 11.2. The summed E-state index contributed by atoms with van der Waals surface area (Å²) < 4.78 is 13.4. The molecule has 2 atom stereocenters. The van der Waals surface area contributed by atoms with Crippen molar-refractivity contribution < 1.29 is 19.4 Å². The van der Waals surface area contributed by atoms with Crippen LogP contribution in [0.3, 0.4) is 0 Å². The van der Waals surface area contributed by atoms with Gasteiger partial charge < -0.3 is 19.1 Å². The molecule has 5 nitrogen and oxygen atoms in total. The molecule has 0 radical (unpaired) electrons. The molecule has 1 aromatic rings. The van der Waals surface area contributed by atoms with Gasteiger partial charge in [-0.15, -0.1) is 0 Å². The highest BCUT2D eigenvalue weighted by atomic mass is 32.2. The minimum Gasteiger partial charge on any atom is -0.485 e. The molecule has 1 saturated heterocycles. The Hall–Kier alpha value is -0.863. The normalized spacial score (nSPS) is 21.8. The third-order valence-corrected chi connectivity index (χ3v) is 9.43. The van der Waals surface area contributed by atoms with Crippen LogP contribution < -0.4 is 4.74 Å². The van der Waals surface area contributed by atoms with Crippen molar-refractivity contribution in [2.24, 2.45) is 0 Å². The minimum atomic E-state index is -0.910. The first-order valence-corrected chi connectivity index (χ1v) is 12.6. The van der Waals surface area contributed by atoms with Crippen LogP contribution in [0, 0.1) is 0 Å². The number of ether oxygens (including phenoxy) is 2. The van der Waals surface area contributed by atoms with Gasteiger partial charge in [-0.3, -0.25) is 4.79 Å². The number of nitrogens with zero attached hydrogens (tertiary/aromatic N) is 1. The van der Waals surface area contributed by atoms with Crippen molar-refractivity contribution in [3.05, 3.63) is 30.3 Å². The summed E-state index contributed by atoms with van der Waals surface area (Å²) in [6, 6.07) is 12.0. The first-order valence-electron chi connectivity index (χ1n) is 9.45. The van der Waals surface area contributed by atoms with E-state index in [1.807, 2.05) is 30.3 Å². The average Bonchev–Trinajstić information content (AvgIpc) is 2.65. The summed E-state index contributed by atoms with van der Waals surface area (Å²) in [7, 11) is 1.32. The van der Waals surface area contributed by atoms with Crippen molar-refractivity contribution in [1.29, 1.82) is 0 Å². The summed E-state index contributed by atoms with van der Waals surface area (Å²) in [4.78, 5) is 11.9. The lowest BCUT2D eigenvalue weighted by molar-refractivity contribution is -0.112. The van der Waals surface area contributed by atoms with E-state index in [0.29, 0.717) is 0 Å². The van der Waals surface area contributed by atoms with E-state index >= 15 is 0 Å². The number of rotatable bonds is 9. The number of carbonyl (C=O) groups excluding carboxylic acids is 1. The Morgan fingerprint density at radius 3 is 2.92 bits per heavy atom. The number of benzene rings is 1. The molecular formula is C19H31NO4SSi. The largest absolute Gasteiger partial charge is 0.485 e. The Morgan fingerprint density at radius 1 is 1.35 bits per heavy atom. The third kappa shape index (κ3) is 8.22. The van der Waals surface area contributed by atoms with Crippen LogP contribution >= 0.6 is 11.8 Å². The van der Waals surface area contributed by atoms with Crippen LogP contribution in [0.4, 0.5) is 0 Å². The quantitative estimate of drug-likeness (QED) is 0.393. The molecule has 1 aliphatic rings. The fourth-order valence-corrected chi connectivity index (χ4v) is 7.36. The van der Waals surface area contributed by atoms with Gasteiger partial charge >= 0.3 is 0 Å². The number of hydrogen-bond acceptors (Lipinski definition) is 6. The lowest BCUT2D eigenvalue weighted by atomic mass is 10.1. The lowest BCUT2D eigenvalue weighted by Crippen LogP contribution is -2.40. The Labute approximate surface area is 162 Å². The SMILES string of the molecule is CN1CCC(OCO)CCC[SiH]1CCCSC(=O)COc1ccccc1. The van der Waals surface area contributed by atoms with Crippen molar-refractivity contribution in [2.75, 3.05) is 32.7 Å². The number of aliphatic hydroxyl groups is 1. The van der Waals surface area contributed by atoms with Crippen LogP contribution in [0.25, 0.3) is 0 Å². The van der Waals surface area contributed by atoms with E-state index in [4.69, 9.17) is 14.6 Å². The second kappa shape index (κ2) is 12.5. The predicted molar refractivity (Wildman–Crippen MR) is 109 cm³/mol. The molecule has 2 unspecified atom stereocenters. The van der Waals surface area contributed by atoms with E-state index in [0.717, 1.165) is 37.3 Å². The van der Waals surface area contributed by atoms with Gasteiger partial charge in [-0.25, -0.2) is 0 Å². The first kappa shape index (κ1) is 21.4. The smallest absolute Gasteiger partial charge is 0.226 e. The number of carbonyl (C=O) groups is 1. The fraction of sp³-hybridized carbons (Fsp3) is 0.632. The summed E-state index contributed by atoms with van der Waals surface area (Å²) in [6.45, 7) is 1.02. The van der Waals surface area contributed by atoms with Gasteiger partial charge in [0.05, 0.1) is 6.10 Å². The lowest BCUT2D eigenvalue weighted by Gasteiger charge is -2.31. The molecule has 0 amide bonds. The van der Waals surface area contributed by atoms with Gasteiger partial charge in [-0.1, -0.05) is 36.4 Å². The molecule has 0 aromatic heterocycles. The zero-order chi connectivity index (χ0) is 18.6. The van der Waals surface area contributed by atoms with Crippen molar-refractivity contribution >= 4 is 25.8 Å². The Kier molecular flexibility index (Phi) is 10.3. The van der Waals surface area contributed by atoms with Crippen LogP contribution in [0.2, 0.25) is 12.1 Å². The van der Waals surface area contributed by atoms with Gasteiger partial charge in [0.15, 0.2) is 6.61 Å². The summed E-state index contributed by atoms with van der Waals surface area (Å²) in [5.41, 5.74) is 0. The maximum Gasteiger partial charge on any atom is 0.226 e. The van der Waals surface area contributed by atoms with Gasteiger partial charge in [-0.2, -0.15) is 0 Å². The molecule has 0 bridgehead atoms. The number of hydrogen-bond donors (Lipinski definition) is 1. The monoisotopic (exact) mass is 397 g/mol. The molecule has 0 aliphatic carbocycles. The Bertz CT molecular complexity index is 520. The van der Waals surface area contributed by atoms with Crippen LogP contribution in [0.1, 0.15) is 25.7 Å². The summed E-state index contributed by atoms with van der Waals surface area (Å²) >= 11 is 1.39. The van der Waals surface area contributed by atoms with Crippen LogP contribution in [-0.4, -0.2) is 62.6 Å². The Balaban J connectivity index is 1.59. The maximum absolute atomic E-state index is 11.9. The van der Waals surface area contributed by atoms with Crippen molar-refractivity contribution in [3.63, 3.8) is 0 Å². The fourth-order valence-electron chi connectivity index (χ4n) is 3.32. The number of aliphatic hydroxyl groups excluding tert-OH is 1. The van der Waals surface area contributed by atoms with Gasteiger partial charge in [0.2, 0.25) is 5.12 Å². The highest BCUT2D eigenvalue weighted by Crippen LogP contribution is 2.20. The molecule has 0 spiro atoms. The topological polar surface area (TPSA) is 59.0 Å². The van der Waals surface area contributed by atoms with Crippen molar-refractivity contribution in [2.45, 2.75) is 43.9 Å². The third-order valence-electron chi connectivity index (χ3n) is 4.85. The molecule has 0 saturated carbocycles. The summed E-state index contributed by atoms with van der Waals surface area (Å²) in [5.74, 6) is 1.62. The molecule has 1 fully saturated rings. The van der Waals surface area contributed by atoms with Crippen LogP contribution in [-0.2, 0) is 9.53 Å². The van der Waals surface area contributed by atoms with Crippen LogP contribution in [0.5, 0.6) is 5.75 Å². The molecule has 1 heterocycles. The van der Waals surface area contributed by atoms with E-state index in [-0.39, 0.29) is 24.6 Å². The summed E-state index contributed by atoms with van der Waals surface area (Å²) in [5, 5.41) is 9.03. The molecule has 146 valence electrons. The minimum absolute atomic E-state index is 0.102. The molecule has 1 N–H and O–H groups in total. The van der Waals surface area contributed by atoms with Crippen molar-refractivity contribution in [1.82, 2.24) is 4.57 Å². The standard InChI is InChI=1S/C19H31NO4SSi/c1-20-11-10-18(24-16-21)9-5-13-26(20)14-6-12-25-19(22)15-23-17-7-3-2-4-8-17/h2-4,7-8,18,21,26H,5-6,9-16H2,1H3. The predicted octanol–water partition coefficient (Wildman–Crippen LogP) is 2.89. The van der Waals surface area contributed by atoms with Gasteiger partial charge in [-0.05, 0) is 57.1 Å². The summed E-state index contributed by atoms with van der Waals surface area (Å²) in [6.07, 6.45) is 4.55. The first-order chi connectivity index (χ1) is 12.7. The van der Waals surface area contributed by atoms with E-state index in [1.165, 1.54) is 30.3 Å². The van der Waals surface area contributed by atoms with Gasteiger partial charge in [0.1, 0.15) is 21.5 Å². The Morgan fingerprint density at radius 2 is 2.15 bits per heavy atom. The van der Waals surface area contributed by atoms with Crippen LogP contribution in [0.15, 0.2) is 30.3 Å². The van der Waals surface area contributed by atoms with Crippen molar-refractivity contribution in [3.8, 4) is 5.75 Å². The van der Waals surface area contributed by atoms with Gasteiger partial charge in [0, 0.05) is 5.75 Å². The van der Waals surface area contributed by atoms with E-state index in [9.17, 15) is 4.79 Å². The number of thioether (sulfide) groups is 1. The molecule has 7 heteroatoms. The zero-order valence-electron chi connectivity index (χ0n) is 15.6. The molecular weight excluding hydrogens is 366 g/mol.